The van der Waals surface area contributed by atoms with Crippen LogP contribution in [0.2, 0.25) is 12.6 Å². The summed E-state index contributed by atoms with van der Waals surface area (Å²) in [7, 11) is -2.39. The van der Waals surface area contributed by atoms with Crippen LogP contribution in [-0.4, -0.2) is 34.4 Å². The van der Waals surface area contributed by atoms with Crippen molar-refractivity contribution in [3.8, 4) is 5.75 Å². The van der Waals surface area contributed by atoms with Crippen molar-refractivity contribution >= 4 is 14.7 Å². The Morgan fingerprint density at radius 2 is 1.38 bits per heavy atom. The molecule has 26 heavy (non-hydrogen) atoms. The third kappa shape index (κ3) is 5.64. The van der Waals surface area contributed by atoms with Gasteiger partial charge in [-0.3, -0.25) is 0 Å². The maximum atomic E-state index is 13.4. The highest BCUT2D eigenvalue weighted by Crippen LogP contribution is 2.29. The van der Waals surface area contributed by atoms with Gasteiger partial charge in [0, 0.05) is 19.8 Å². The number of halogens is 5. The number of carbonyl (C=O) groups excluding carboxylic acids is 1. The fourth-order valence-electron chi connectivity index (χ4n) is 2.20. The molecule has 1 rings (SSSR count). The Hall–Kier alpha value is -1.72. The topological polar surface area (TPSA) is 56.8 Å². The van der Waals surface area contributed by atoms with Crippen LogP contribution in [0.25, 0.3) is 0 Å². The number of amides is 1. The number of carbonyl (C=O) groups is 1. The average Bonchev–Trinajstić information content (AvgIpc) is 2.59. The van der Waals surface area contributed by atoms with E-state index in [4.69, 9.17) is 8.85 Å². The molecule has 0 saturated carbocycles. The van der Waals surface area contributed by atoms with Crippen molar-refractivity contribution in [1.82, 2.24) is 5.32 Å². The molecule has 0 fully saturated rings. The molecule has 148 valence electrons. The summed E-state index contributed by atoms with van der Waals surface area (Å²) in [5.74, 6) is -12.8. The molecule has 0 unspecified atom stereocenters. The summed E-state index contributed by atoms with van der Waals surface area (Å²) in [5, 5.41) is 2.17. The van der Waals surface area contributed by atoms with E-state index in [0.717, 1.165) is 0 Å². The van der Waals surface area contributed by atoms with Gasteiger partial charge < -0.3 is 18.9 Å². The minimum atomic E-state index is -2.39. The molecular weight excluding hydrogens is 381 g/mol. The lowest BCUT2D eigenvalue weighted by Gasteiger charge is -2.25. The first-order chi connectivity index (χ1) is 12.2. The second kappa shape index (κ2) is 9.83. The summed E-state index contributed by atoms with van der Waals surface area (Å²) in [5.41, 5.74) is 0. The number of benzene rings is 1. The zero-order valence-corrected chi connectivity index (χ0v) is 15.6. The first-order valence-corrected chi connectivity index (χ1v) is 10.4. The summed E-state index contributed by atoms with van der Waals surface area (Å²) in [4.78, 5) is 11.5. The second-order valence-corrected chi connectivity index (χ2v) is 8.66. The van der Waals surface area contributed by atoms with Crippen LogP contribution in [0.3, 0.4) is 0 Å². The zero-order valence-electron chi connectivity index (χ0n) is 14.6. The Bertz CT molecular complexity index is 612. The minimum absolute atomic E-state index is 0.0387. The van der Waals surface area contributed by atoms with Crippen LogP contribution in [0, 0.1) is 29.1 Å². The first-order valence-electron chi connectivity index (χ1n) is 7.91. The lowest BCUT2D eigenvalue weighted by atomic mass is 10.2. The minimum Gasteiger partial charge on any atom is -0.404 e. The number of hydrogen-bond donors (Lipinski definition) is 1. The van der Waals surface area contributed by atoms with Gasteiger partial charge in [0.25, 0.3) is 0 Å². The predicted molar refractivity (Wildman–Crippen MR) is 84.6 cm³/mol. The highest BCUT2D eigenvalue weighted by atomic mass is 28.4. The van der Waals surface area contributed by atoms with Crippen molar-refractivity contribution in [2.24, 2.45) is 0 Å². The molecule has 1 aromatic rings. The van der Waals surface area contributed by atoms with Gasteiger partial charge in [0.2, 0.25) is 34.8 Å². The Kier molecular flexibility index (Phi) is 8.44. The molecule has 0 aromatic heterocycles. The first kappa shape index (κ1) is 22.3. The largest absolute Gasteiger partial charge is 0.412 e. The third-order valence-electron chi connectivity index (χ3n) is 3.34. The highest BCUT2D eigenvalue weighted by molar-refractivity contribution is 6.66. The van der Waals surface area contributed by atoms with Crippen LogP contribution >= 0.6 is 0 Å². The Morgan fingerprint density at radius 1 is 0.923 bits per heavy atom. The summed E-state index contributed by atoms with van der Waals surface area (Å²) < 4.78 is 81.3. The van der Waals surface area contributed by atoms with Gasteiger partial charge in [-0.1, -0.05) is 0 Å². The van der Waals surface area contributed by atoms with Crippen molar-refractivity contribution < 1.29 is 40.3 Å². The lowest BCUT2D eigenvalue weighted by Crippen LogP contribution is -2.39. The summed E-state index contributed by atoms with van der Waals surface area (Å²) >= 11 is 0. The summed E-state index contributed by atoms with van der Waals surface area (Å²) in [6.45, 7) is 6.48. The van der Waals surface area contributed by atoms with E-state index in [0.29, 0.717) is 25.7 Å². The van der Waals surface area contributed by atoms with Crippen molar-refractivity contribution in [3.63, 3.8) is 0 Å². The van der Waals surface area contributed by atoms with Gasteiger partial charge >= 0.3 is 14.7 Å². The van der Waals surface area contributed by atoms with Gasteiger partial charge in [-0.05, 0) is 32.9 Å². The quantitative estimate of drug-likeness (QED) is 0.223. The number of nitrogens with one attached hydrogen (secondary N) is 1. The molecule has 0 bridgehead atoms. The number of rotatable bonds is 9. The molecule has 0 aliphatic rings. The molecule has 0 aliphatic heterocycles. The van der Waals surface area contributed by atoms with Crippen LogP contribution in [0.1, 0.15) is 20.3 Å². The van der Waals surface area contributed by atoms with Crippen LogP contribution in [0.4, 0.5) is 26.7 Å². The van der Waals surface area contributed by atoms with E-state index in [1.165, 1.54) is 0 Å². The summed E-state index contributed by atoms with van der Waals surface area (Å²) in [6, 6.07) is 0.525. The Morgan fingerprint density at radius 3 is 1.85 bits per heavy atom. The van der Waals surface area contributed by atoms with E-state index in [2.05, 4.69) is 10.1 Å². The molecule has 1 N–H and O–H groups in total. The van der Waals surface area contributed by atoms with E-state index in [1.807, 2.05) is 20.4 Å². The smallest absolute Gasteiger partial charge is 0.404 e. The van der Waals surface area contributed by atoms with E-state index in [1.54, 1.807) is 0 Å². The normalized spacial score (nSPS) is 11.5. The van der Waals surface area contributed by atoms with Gasteiger partial charge in [0.1, 0.15) is 0 Å². The van der Waals surface area contributed by atoms with E-state index in [9.17, 15) is 26.7 Å². The Labute approximate surface area is 148 Å². The van der Waals surface area contributed by atoms with E-state index >= 15 is 0 Å². The van der Waals surface area contributed by atoms with Crippen LogP contribution in [0.5, 0.6) is 5.75 Å². The molecule has 0 spiro atoms. The lowest BCUT2D eigenvalue weighted by molar-refractivity contribution is 0.185. The molecule has 1 amide bonds. The van der Waals surface area contributed by atoms with E-state index < -0.39 is 49.5 Å². The van der Waals surface area contributed by atoms with Crippen LogP contribution in [-0.2, 0) is 8.85 Å². The SMILES string of the molecule is CCO[Si](C)(CCCNC(=O)Oc1c(F)c(F)c(F)c(F)c1F)OCC. The maximum Gasteiger partial charge on any atom is 0.412 e. The van der Waals surface area contributed by atoms with Gasteiger partial charge in [0.15, 0.2) is 0 Å². The molecule has 0 aliphatic carbocycles. The molecule has 1 aromatic carbocycles. The molecule has 0 saturated heterocycles. The van der Waals surface area contributed by atoms with Crippen molar-refractivity contribution in [2.45, 2.75) is 32.9 Å². The predicted octanol–water partition coefficient (Wildman–Crippen LogP) is 4.01. The highest BCUT2D eigenvalue weighted by Gasteiger charge is 2.30. The standard InChI is InChI=1S/C15H20F5NO4Si/c1-4-23-26(3,24-5-2)8-6-7-21-15(22)25-14-12(19)10(17)9(16)11(18)13(14)20/h4-8H2,1-3H3,(H,21,22). The fourth-order valence-corrected chi connectivity index (χ4v) is 4.61. The zero-order chi connectivity index (χ0) is 19.9. The number of ether oxygens (including phenoxy) is 1. The van der Waals surface area contributed by atoms with Crippen molar-refractivity contribution in [3.05, 3.63) is 29.1 Å². The van der Waals surface area contributed by atoms with Crippen LogP contribution < -0.4 is 10.1 Å². The average molecular weight is 401 g/mol. The van der Waals surface area contributed by atoms with Gasteiger partial charge in [0.05, 0.1) is 0 Å². The molecule has 0 heterocycles. The molecular formula is C15H20F5NO4Si. The van der Waals surface area contributed by atoms with Crippen molar-refractivity contribution in [2.75, 3.05) is 19.8 Å². The molecule has 0 radical (unpaired) electrons. The van der Waals surface area contributed by atoms with Gasteiger partial charge in [-0.2, -0.15) is 8.78 Å². The number of hydrogen-bond acceptors (Lipinski definition) is 4. The van der Waals surface area contributed by atoms with Crippen LogP contribution in [0.15, 0.2) is 0 Å². The van der Waals surface area contributed by atoms with Crippen molar-refractivity contribution in [1.29, 1.82) is 0 Å². The maximum absolute atomic E-state index is 13.4. The van der Waals surface area contributed by atoms with Gasteiger partial charge in [-0.25, -0.2) is 18.0 Å². The molecule has 0 atom stereocenters. The third-order valence-corrected chi connectivity index (χ3v) is 6.40. The van der Waals surface area contributed by atoms with E-state index in [-0.39, 0.29) is 6.54 Å². The second-order valence-electron chi connectivity index (χ2n) is 5.32. The fraction of sp³-hybridized carbons (Fsp3) is 0.533. The summed E-state index contributed by atoms with van der Waals surface area (Å²) in [6.07, 6.45) is -0.932. The Balaban J connectivity index is 2.61. The molecule has 5 nitrogen and oxygen atoms in total. The van der Waals surface area contributed by atoms with Gasteiger partial charge in [-0.15, -0.1) is 0 Å². The molecule has 11 heteroatoms. The monoisotopic (exact) mass is 401 g/mol.